The molecule has 0 aliphatic carbocycles. The summed E-state index contributed by atoms with van der Waals surface area (Å²) in [4.78, 5) is 38.6. The van der Waals surface area contributed by atoms with E-state index in [2.05, 4.69) is 19.2 Å². The summed E-state index contributed by atoms with van der Waals surface area (Å²) in [7, 11) is 0. The maximum Gasteiger partial charge on any atom is 0.303 e. The zero-order valence-corrected chi connectivity index (χ0v) is 12.2. The molecule has 0 atom stereocenters. The van der Waals surface area contributed by atoms with Gasteiger partial charge in [0.1, 0.15) is 0 Å². The van der Waals surface area contributed by atoms with Gasteiger partial charge in [-0.1, -0.05) is 13.8 Å². The summed E-state index contributed by atoms with van der Waals surface area (Å²) in [6, 6.07) is 0. The van der Waals surface area contributed by atoms with Crippen molar-refractivity contribution >= 4 is 23.9 Å². The van der Waals surface area contributed by atoms with E-state index in [1.807, 2.05) is 0 Å². The van der Waals surface area contributed by atoms with Gasteiger partial charge >= 0.3 is 23.9 Å². The number of rotatable bonds is 8. The molecule has 0 amide bonds. The van der Waals surface area contributed by atoms with Gasteiger partial charge in [-0.05, 0) is 13.1 Å². The predicted octanol–water partition coefficient (Wildman–Crippen LogP) is 0.487. The summed E-state index contributed by atoms with van der Waals surface area (Å²) in [5, 5.41) is 34.7. The Bertz CT molecular complexity index is 258. The van der Waals surface area contributed by atoms with Gasteiger partial charge < -0.3 is 25.7 Å². The third kappa shape index (κ3) is 46.2. The van der Waals surface area contributed by atoms with E-state index in [0.29, 0.717) is 0 Å². The molecule has 21 heavy (non-hydrogen) atoms. The van der Waals surface area contributed by atoms with Crippen LogP contribution in [-0.2, 0) is 19.2 Å². The Labute approximate surface area is 122 Å². The van der Waals surface area contributed by atoms with E-state index < -0.39 is 23.9 Å². The second kappa shape index (κ2) is 17.8. The molecule has 0 heterocycles. The lowest BCUT2D eigenvalue weighted by Gasteiger charge is -1.86. The fourth-order valence-electron chi connectivity index (χ4n) is 0.678. The molecule has 0 aromatic heterocycles. The molecule has 0 saturated carbocycles. The molecule has 0 aliphatic heterocycles. The molecule has 0 radical (unpaired) electrons. The standard InChI is InChI=1S/C4H11N.2C4H6O4/c1-3-5-4-2;2*5-3(6)1-2-4(7)8/h5H,3-4H2,1-2H3;2*1-2H2,(H,5,6)(H,7,8). The minimum Gasteiger partial charge on any atom is -0.481 e. The molecule has 0 aromatic rings. The summed E-state index contributed by atoms with van der Waals surface area (Å²) in [5.41, 5.74) is 0. The predicted molar refractivity (Wildman–Crippen MR) is 73.2 cm³/mol. The highest BCUT2D eigenvalue weighted by molar-refractivity contribution is 5.75. The lowest BCUT2D eigenvalue weighted by Crippen LogP contribution is -2.09. The van der Waals surface area contributed by atoms with Crippen molar-refractivity contribution in [3.63, 3.8) is 0 Å². The van der Waals surface area contributed by atoms with E-state index in [1.54, 1.807) is 0 Å². The van der Waals surface area contributed by atoms with Gasteiger partial charge in [0.25, 0.3) is 0 Å². The summed E-state index contributed by atoms with van der Waals surface area (Å²) in [6.45, 7) is 6.39. The van der Waals surface area contributed by atoms with E-state index in [-0.39, 0.29) is 25.7 Å². The Morgan fingerprint density at radius 2 is 0.810 bits per heavy atom. The Hall–Kier alpha value is -2.16. The average Bonchev–Trinajstić information content (AvgIpc) is 2.36. The highest BCUT2D eigenvalue weighted by Crippen LogP contribution is 1.86. The Balaban J connectivity index is -0.000000239. The van der Waals surface area contributed by atoms with Gasteiger partial charge in [-0.15, -0.1) is 0 Å². The number of hydrogen-bond donors (Lipinski definition) is 5. The fourth-order valence-corrected chi connectivity index (χ4v) is 0.678. The summed E-state index contributed by atoms with van der Waals surface area (Å²) < 4.78 is 0. The van der Waals surface area contributed by atoms with Crippen LogP contribution in [0.1, 0.15) is 39.5 Å². The third-order valence-corrected chi connectivity index (χ3v) is 1.61. The minimum atomic E-state index is -1.08. The van der Waals surface area contributed by atoms with Gasteiger partial charge in [-0.2, -0.15) is 0 Å². The quantitative estimate of drug-likeness (QED) is 0.429. The van der Waals surface area contributed by atoms with Crippen LogP contribution >= 0.6 is 0 Å². The van der Waals surface area contributed by atoms with Crippen molar-refractivity contribution in [2.45, 2.75) is 39.5 Å². The van der Waals surface area contributed by atoms with Gasteiger partial charge in [0, 0.05) is 0 Å². The first-order valence-electron chi connectivity index (χ1n) is 6.25. The van der Waals surface area contributed by atoms with Crippen LogP contribution < -0.4 is 5.32 Å². The van der Waals surface area contributed by atoms with E-state index in [1.165, 1.54) is 0 Å². The molecule has 0 aromatic carbocycles. The molecule has 0 spiro atoms. The normalized spacial score (nSPS) is 8.48. The number of aliphatic carboxylic acids is 4. The molecule has 9 nitrogen and oxygen atoms in total. The minimum absolute atomic E-state index is 0.296. The van der Waals surface area contributed by atoms with Gasteiger partial charge in [-0.25, -0.2) is 0 Å². The second-order valence-electron chi connectivity index (χ2n) is 3.53. The van der Waals surface area contributed by atoms with Crippen LogP contribution in [0.3, 0.4) is 0 Å². The van der Waals surface area contributed by atoms with Gasteiger partial charge in [0.2, 0.25) is 0 Å². The molecule has 0 rings (SSSR count). The number of hydrogen-bond acceptors (Lipinski definition) is 5. The van der Waals surface area contributed by atoms with Crippen LogP contribution in [0.2, 0.25) is 0 Å². The number of carboxylic acids is 4. The molecule has 0 fully saturated rings. The van der Waals surface area contributed by atoms with Crippen molar-refractivity contribution in [1.29, 1.82) is 0 Å². The van der Waals surface area contributed by atoms with Crippen molar-refractivity contribution in [2.24, 2.45) is 0 Å². The smallest absolute Gasteiger partial charge is 0.303 e. The molecular formula is C12H23NO8. The fraction of sp³-hybridized carbons (Fsp3) is 0.667. The first-order chi connectivity index (χ1) is 9.67. The molecule has 9 heteroatoms. The Morgan fingerprint density at radius 1 is 0.619 bits per heavy atom. The summed E-state index contributed by atoms with van der Waals surface area (Å²) >= 11 is 0. The highest BCUT2D eigenvalue weighted by atomic mass is 16.4. The van der Waals surface area contributed by atoms with Gasteiger partial charge in [0.15, 0.2) is 0 Å². The first-order valence-corrected chi connectivity index (χ1v) is 6.25. The van der Waals surface area contributed by atoms with Crippen molar-refractivity contribution in [2.75, 3.05) is 13.1 Å². The van der Waals surface area contributed by atoms with Crippen molar-refractivity contribution in [1.82, 2.24) is 5.32 Å². The van der Waals surface area contributed by atoms with Crippen molar-refractivity contribution in [3.8, 4) is 0 Å². The van der Waals surface area contributed by atoms with Crippen molar-refractivity contribution in [3.05, 3.63) is 0 Å². The van der Waals surface area contributed by atoms with Crippen LogP contribution in [0, 0.1) is 0 Å². The van der Waals surface area contributed by atoms with Crippen LogP contribution in [0.4, 0.5) is 0 Å². The average molecular weight is 309 g/mol. The topological polar surface area (TPSA) is 161 Å². The Kier molecular flexibility index (Phi) is 20.3. The number of carbonyl (C=O) groups is 4. The van der Waals surface area contributed by atoms with Gasteiger partial charge in [0.05, 0.1) is 25.7 Å². The Morgan fingerprint density at radius 3 is 0.857 bits per heavy atom. The summed E-state index contributed by atoms with van der Waals surface area (Å²) in [5.74, 6) is -4.31. The lowest BCUT2D eigenvalue weighted by molar-refractivity contribution is -0.143. The molecule has 0 unspecified atom stereocenters. The monoisotopic (exact) mass is 309 g/mol. The van der Waals surface area contributed by atoms with Crippen LogP contribution in [0.15, 0.2) is 0 Å². The van der Waals surface area contributed by atoms with E-state index >= 15 is 0 Å². The zero-order chi connectivity index (χ0) is 17.3. The highest BCUT2D eigenvalue weighted by Gasteiger charge is 2.00. The maximum atomic E-state index is 9.64. The molecule has 124 valence electrons. The molecule has 0 aliphatic rings. The second-order valence-corrected chi connectivity index (χ2v) is 3.53. The van der Waals surface area contributed by atoms with Crippen LogP contribution in [-0.4, -0.2) is 57.4 Å². The summed E-state index contributed by atoms with van der Waals surface area (Å²) in [6.07, 6.45) is -1.19. The largest absolute Gasteiger partial charge is 0.481 e. The molecule has 0 saturated heterocycles. The van der Waals surface area contributed by atoms with Crippen molar-refractivity contribution < 1.29 is 39.6 Å². The molecule has 0 bridgehead atoms. The molecule has 5 N–H and O–H groups in total. The van der Waals surface area contributed by atoms with E-state index in [0.717, 1.165) is 13.1 Å². The zero-order valence-electron chi connectivity index (χ0n) is 12.2. The SMILES string of the molecule is CCNCC.O=C(O)CCC(=O)O.O=C(O)CCC(=O)O. The molecular weight excluding hydrogens is 286 g/mol. The van der Waals surface area contributed by atoms with Crippen LogP contribution in [0.5, 0.6) is 0 Å². The first kappa shape index (κ1) is 23.9. The van der Waals surface area contributed by atoms with E-state index in [9.17, 15) is 19.2 Å². The number of carboxylic acid groups (broad SMARTS) is 4. The van der Waals surface area contributed by atoms with Gasteiger partial charge in [-0.3, -0.25) is 19.2 Å². The third-order valence-electron chi connectivity index (χ3n) is 1.61. The lowest BCUT2D eigenvalue weighted by atomic mass is 10.3. The van der Waals surface area contributed by atoms with Crippen LogP contribution in [0.25, 0.3) is 0 Å². The number of nitrogens with one attached hydrogen (secondary N) is 1. The van der Waals surface area contributed by atoms with E-state index in [4.69, 9.17) is 20.4 Å². The maximum absolute atomic E-state index is 9.64.